The first-order chi connectivity index (χ1) is 4.61. The molecule has 0 aliphatic heterocycles. The summed E-state index contributed by atoms with van der Waals surface area (Å²) in [6, 6.07) is 3.72. The van der Waals surface area contributed by atoms with Gasteiger partial charge in [-0.3, -0.25) is 0 Å². The summed E-state index contributed by atoms with van der Waals surface area (Å²) in [5, 5.41) is 0.642. The number of benzene rings is 1. The summed E-state index contributed by atoms with van der Waals surface area (Å²) in [4.78, 5) is 0. The van der Waals surface area contributed by atoms with Crippen LogP contribution in [0.5, 0.6) is 0 Å². The van der Waals surface area contributed by atoms with Gasteiger partial charge in [0.2, 0.25) is 0 Å². The number of hydrogen-bond donors (Lipinski definition) is 1. The van der Waals surface area contributed by atoms with Crippen LogP contribution < -0.4 is 5.73 Å². The Kier molecular flexibility index (Phi) is 2.21. The van der Waals surface area contributed by atoms with Crippen LogP contribution in [-0.2, 0) is 0 Å². The molecule has 0 bridgehead atoms. The van der Waals surface area contributed by atoms with Gasteiger partial charge in [0, 0.05) is 4.47 Å². The maximum absolute atomic E-state index is 5.80. The average molecular weight is 220 g/mol. The molecular formula is C7H7BrClN. The van der Waals surface area contributed by atoms with E-state index in [4.69, 9.17) is 17.3 Å². The SMILES string of the molecule is Cc1cc(Br)cc(N)c1Cl. The van der Waals surface area contributed by atoms with Crippen LogP contribution in [0.3, 0.4) is 0 Å². The van der Waals surface area contributed by atoms with Crippen LogP contribution in [0.1, 0.15) is 5.56 Å². The van der Waals surface area contributed by atoms with E-state index >= 15 is 0 Å². The van der Waals surface area contributed by atoms with Crippen LogP contribution in [0.15, 0.2) is 16.6 Å². The fourth-order valence-electron chi connectivity index (χ4n) is 0.751. The summed E-state index contributed by atoms with van der Waals surface area (Å²) < 4.78 is 0.965. The standard InChI is InChI=1S/C7H7BrClN/c1-4-2-5(8)3-6(10)7(4)9/h2-3H,10H2,1H3. The van der Waals surface area contributed by atoms with Crippen LogP contribution in [0, 0.1) is 6.92 Å². The average Bonchev–Trinajstić information content (AvgIpc) is 1.82. The predicted molar refractivity (Wildman–Crippen MR) is 48.3 cm³/mol. The van der Waals surface area contributed by atoms with Gasteiger partial charge in [-0.05, 0) is 24.6 Å². The molecule has 3 heteroatoms. The third kappa shape index (κ3) is 1.44. The first-order valence-electron chi connectivity index (χ1n) is 2.82. The smallest absolute Gasteiger partial charge is 0.0665 e. The van der Waals surface area contributed by atoms with E-state index in [1.165, 1.54) is 0 Å². The molecule has 10 heavy (non-hydrogen) atoms. The normalized spacial score (nSPS) is 9.90. The molecule has 0 amide bonds. The van der Waals surface area contributed by atoms with Crippen molar-refractivity contribution in [2.24, 2.45) is 0 Å². The van der Waals surface area contributed by atoms with Crippen molar-refractivity contribution in [1.82, 2.24) is 0 Å². The molecule has 2 N–H and O–H groups in total. The third-order valence-corrected chi connectivity index (χ3v) is 2.22. The van der Waals surface area contributed by atoms with Gasteiger partial charge in [-0.25, -0.2) is 0 Å². The molecule has 0 heterocycles. The Bertz CT molecular complexity index is 237. The minimum absolute atomic E-state index is 0.619. The van der Waals surface area contributed by atoms with E-state index in [0.717, 1.165) is 10.0 Å². The minimum Gasteiger partial charge on any atom is -0.397 e. The largest absolute Gasteiger partial charge is 0.397 e. The molecule has 1 nitrogen and oxygen atoms in total. The lowest BCUT2D eigenvalue weighted by molar-refractivity contribution is 1.45. The molecule has 54 valence electrons. The molecule has 1 aromatic rings. The Morgan fingerprint density at radius 2 is 2.10 bits per heavy atom. The zero-order valence-corrected chi connectivity index (χ0v) is 7.83. The molecule has 0 saturated carbocycles. The van der Waals surface area contributed by atoms with Gasteiger partial charge in [-0.2, -0.15) is 0 Å². The summed E-state index contributed by atoms with van der Waals surface area (Å²) in [6.45, 7) is 1.92. The maximum atomic E-state index is 5.80. The first-order valence-corrected chi connectivity index (χ1v) is 3.99. The topological polar surface area (TPSA) is 26.0 Å². The number of nitrogen functional groups attached to an aromatic ring is 1. The summed E-state index contributed by atoms with van der Waals surface area (Å²) in [5.74, 6) is 0. The molecule has 0 radical (unpaired) electrons. The summed E-state index contributed by atoms with van der Waals surface area (Å²) in [7, 11) is 0. The van der Waals surface area contributed by atoms with Gasteiger partial charge in [0.05, 0.1) is 10.7 Å². The zero-order valence-electron chi connectivity index (χ0n) is 5.49. The molecule has 0 unspecified atom stereocenters. The van der Waals surface area contributed by atoms with E-state index in [1.807, 2.05) is 13.0 Å². The van der Waals surface area contributed by atoms with Crippen molar-refractivity contribution in [2.75, 3.05) is 5.73 Å². The second-order valence-corrected chi connectivity index (χ2v) is 3.42. The summed E-state index contributed by atoms with van der Waals surface area (Å²) >= 11 is 9.11. The van der Waals surface area contributed by atoms with Crippen LogP contribution in [-0.4, -0.2) is 0 Å². The molecule has 0 atom stereocenters. The molecule has 0 aliphatic carbocycles. The van der Waals surface area contributed by atoms with Gasteiger partial charge in [0.15, 0.2) is 0 Å². The lowest BCUT2D eigenvalue weighted by Gasteiger charge is -2.01. The molecule has 0 spiro atoms. The lowest BCUT2D eigenvalue weighted by atomic mass is 10.2. The lowest BCUT2D eigenvalue weighted by Crippen LogP contribution is -1.87. The Morgan fingerprint density at radius 3 is 2.60 bits per heavy atom. The number of aryl methyl sites for hydroxylation is 1. The molecular weight excluding hydrogens is 213 g/mol. The second kappa shape index (κ2) is 2.81. The number of halogens is 2. The van der Waals surface area contributed by atoms with Gasteiger partial charge < -0.3 is 5.73 Å². The van der Waals surface area contributed by atoms with E-state index in [0.29, 0.717) is 10.7 Å². The van der Waals surface area contributed by atoms with Crippen LogP contribution in [0.2, 0.25) is 5.02 Å². The second-order valence-electron chi connectivity index (χ2n) is 2.13. The molecule has 0 saturated heterocycles. The van der Waals surface area contributed by atoms with Crippen molar-refractivity contribution in [2.45, 2.75) is 6.92 Å². The quantitative estimate of drug-likeness (QED) is 0.668. The van der Waals surface area contributed by atoms with E-state index in [-0.39, 0.29) is 0 Å². The molecule has 0 aliphatic rings. The number of rotatable bonds is 0. The van der Waals surface area contributed by atoms with Gasteiger partial charge >= 0.3 is 0 Å². The number of hydrogen-bond acceptors (Lipinski definition) is 1. The minimum atomic E-state index is 0.619. The first kappa shape index (κ1) is 7.89. The van der Waals surface area contributed by atoms with Crippen molar-refractivity contribution >= 4 is 33.2 Å². The van der Waals surface area contributed by atoms with Crippen molar-refractivity contribution in [3.63, 3.8) is 0 Å². The summed E-state index contributed by atoms with van der Waals surface area (Å²) in [6.07, 6.45) is 0. The van der Waals surface area contributed by atoms with Crippen LogP contribution in [0.25, 0.3) is 0 Å². The highest BCUT2D eigenvalue weighted by atomic mass is 79.9. The van der Waals surface area contributed by atoms with Crippen molar-refractivity contribution < 1.29 is 0 Å². The van der Waals surface area contributed by atoms with E-state index in [2.05, 4.69) is 15.9 Å². The molecule has 0 fully saturated rings. The highest BCUT2D eigenvalue weighted by Gasteiger charge is 1.99. The fourth-order valence-corrected chi connectivity index (χ4v) is 1.45. The van der Waals surface area contributed by atoms with E-state index in [1.54, 1.807) is 6.07 Å². The van der Waals surface area contributed by atoms with Gasteiger partial charge in [0.1, 0.15) is 0 Å². The number of nitrogens with two attached hydrogens (primary N) is 1. The Hall–Kier alpha value is -0.210. The van der Waals surface area contributed by atoms with E-state index < -0.39 is 0 Å². The molecule has 0 aromatic heterocycles. The van der Waals surface area contributed by atoms with Crippen molar-refractivity contribution in [1.29, 1.82) is 0 Å². The van der Waals surface area contributed by atoms with Gasteiger partial charge in [-0.15, -0.1) is 0 Å². The monoisotopic (exact) mass is 219 g/mol. The van der Waals surface area contributed by atoms with Gasteiger partial charge in [0.25, 0.3) is 0 Å². The fraction of sp³-hybridized carbons (Fsp3) is 0.143. The Morgan fingerprint density at radius 1 is 1.50 bits per heavy atom. The van der Waals surface area contributed by atoms with Crippen molar-refractivity contribution in [3.05, 3.63) is 27.2 Å². The van der Waals surface area contributed by atoms with Crippen LogP contribution >= 0.6 is 27.5 Å². The van der Waals surface area contributed by atoms with Crippen LogP contribution in [0.4, 0.5) is 5.69 Å². The highest BCUT2D eigenvalue weighted by Crippen LogP contribution is 2.26. The van der Waals surface area contributed by atoms with Gasteiger partial charge in [-0.1, -0.05) is 27.5 Å². The molecule has 1 rings (SSSR count). The third-order valence-electron chi connectivity index (χ3n) is 1.25. The maximum Gasteiger partial charge on any atom is 0.0665 e. The highest BCUT2D eigenvalue weighted by molar-refractivity contribution is 9.10. The molecule has 1 aromatic carbocycles. The Labute approximate surface area is 73.3 Å². The summed E-state index contributed by atoms with van der Waals surface area (Å²) in [5.41, 5.74) is 7.17. The number of anilines is 1. The van der Waals surface area contributed by atoms with E-state index in [9.17, 15) is 0 Å². The van der Waals surface area contributed by atoms with Crippen molar-refractivity contribution in [3.8, 4) is 0 Å². The predicted octanol–water partition coefficient (Wildman–Crippen LogP) is 2.99. The zero-order chi connectivity index (χ0) is 7.72. The Balaban J connectivity index is 3.31.